The lowest BCUT2D eigenvalue weighted by Gasteiger charge is -2.68. The standard InChI is InChI=1S/C38H54O7/c1-34-16-14-28-35(2)15-13-23-17-26(22-9-7-6-8-10-22)44-21-36(23,3)29(35)19-30(41)38(28,5)27(34)12-11-24(34)32-25(40)18-31(45-33(32)42)37(4,43)20-39/h6-10,12-13,24-26,28-33,39-43H,11,14-21H2,1-5H3/t24-,25?,26-,28+,29+,30+,31+,32+,33-,34-,35+,36-,37?,38-/m0/s1. The molecule has 5 N–H and O–H groups in total. The molecule has 2 saturated heterocycles. The second-order valence-electron chi connectivity index (χ2n) is 16.7. The largest absolute Gasteiger partial charge is 0.393 e. The first-order valence-electron chi connectivity index (χ1n) is 17.3. The summed E-state index contributed by atoms with van der Waals surface area (Å²) in [6.07, 6.45) is 6.83. The van der Waals surface area contributed by atoms with Crippen molar-refractivity contribution in [1.29, 1.82) is 0 Å². The Balaban J connectivity index is 1.16. The van der Waals surface area contributed by atoms with E-state index in [1.807, 2.05) is 6.07 Å². The zero-order valence-corrected chi connectivity index (χ0v) is 27.7. The number of fused-ring (bicyclic) bond motifs is 7. The average Bonchev–Trinajstić information content (AvgIpc) is 3.36. The van der Waals surface area contributed by atoms with Crippen LogP contribution in [0.2, 0.25) is 0 Å². The van der Waals surface area contributed by atoms with E-state index < -0.39 is 48.1 Å². The van der Waals surface area contributed by atoms with E-state index in [-0.39, 0.29) is 34.7 Å². The Hall–Kier alpha value is -1.58. The molecule has 7 rings (SSSR count). The molecule has 2 saturated carbocycles. The molecule has 2 heterocycles. The SMILES string of the molecule is CC(O)(CO)[C@H]1CC(O)[C@@H]([C@@H]2CC=C3[C@]4(C)[C@H](O)C[C@@H]5[C@](C)(CC=C6C[C@@H](c7ccccc7)OC[C@@]65C)[C@H]4CC[C@]32C)[C@@H](O)O1. The first-order valence-corrected chi connectivity index (χ1v) is 17.3. The third-order valence-electron chi connectivity index (χ3n) is 14.5. The maximum atomic E-state index is 12.3. The Labute approximate surface area is 268 Å². The van der Waals surface area contributed by atoms with Gasteiger partial charge >= 0.3 is 0 Å². The molecule has 0 amide bonds. The summed E-state index contributed by atoms with van der Waals surface area (Å²) in [5.74, 6) is 0.0307. The molecule has 0 bridgehead atoms. The number of hydrogen-bond donors (Lipinski definition) is 5. The van der Waals surface area contributed by atoms with Crippen molar-refractivity contribution in [1.82, 2.24) is 0 Å². The van der Waals surface area contributed by atoms with E-state index in [9.17, 15) is 25.5 Å². The summed E-state index contributed by atoms with van der Waals surface area (Å²) in [5, 5.41) is 55.2. The zero-order chi connectivity index (χ0) is 32.2. The Morgan fingerprint density at radius 3 is 2.38 bits per heavy atom. The predicted molar refractivity (Wildman–Crippen MR) is 171 cm³/mol. The van der Waals surface area contributed by atoms with E-state index in [0.717, 1.165) is 32.1 Å². The normalized spacial score (nSPS) is 50.7. The van der Waals surface area contributed by atoms with Crippen LogP contribution in [-0.2, 0) is 9.47 Å². The molecule has 0 aromatic heterocycles. The van der Waals surface area contributed by atoms with Crippen LogP contribution in [0.1, 0.15) is 91.2 Å². The van der Waals surface area contributed by atoms with Gasteiger partial charge in [-0.25, -0.2) is 0 Å². The van der Waals surface area contributed by atoms with Gasteiger partial charge < -0.3 is 35.0 Å². The lowest BCUT2D eigenvalue weighted by atomic mass is 9.37. The van der Waals surface area contributed by atoms with Crippen LogP contribution in [0.5, 0.6) is 0 Å². The molecule has 7 heteroatoms. The molecule has 0 spiro atoms. The first-order chi connectivity index (χ1) is 21.2. The zero-order valence-electron chi connectivity index (χ0n) is 27.7. The van der Waals surface area contributed by atoms with Gasteiger partial charge in [0.1, 0.15) is 5.60 Å². The van der Waals surface area contributed by atoms with Crippen LogP contribution in [0, 0.1) is 45.3 Å². The molecule has 2 unspecified atom stereocenters. The van der Waals surface area contributed by atoms with Gasteiger partial charge in [0.2, 0.25) is 0 Å². The second kappa shape index (κ2) is 10.7. The number of ether oxygens (including phenoxy) is 2. The quantitative estimate of drug-likeness (QED) is 0.298. The summed E-state index contributed by atoms with van der Waals surface area (Å²) < 4.78 is 12.5. The van der Waals surface area contributed by atoms with Gasteiger partial charge in [0, 0.05) is 23.2 Å². The van der Waals surface area contributed by atoms with Crippen molar-refractivity contribution < 1.29 is 35.0 Å². The molecular formula is C38H54O7. The number of benzene rings is 1. The van der Waals surface area contributed by atoms with Crippen LogP contribution >= 0.6 is 0 Å². The maximum absolute atomic E-state index is 12.3. The van der Waals surface area contributed by atoms with Crippen molar-refractivity contribution in [2.24, 2.45) is 45.3 Å². The minimum atomic E-state index is -1.55. The number of rotatable bonds is 4. The molecule has 1 aromatic carbocycles. The summed E-state index contributed by atoms with van der Waals surface area (Å²) in [6, 6.07) is 10.5. The van der Waals surface area contributed by atoms with Crippen LogP contribution in [0.25, 0.3) is 0 Å². The topological polar surface area (TPSA) is 120 Å². The lowest BCUT2D eigenvalue weighted by Crippen LogP contribution is -2.65. The molecule has 1 aromatic rings. The van der Waals surface area contributed by atoms with Crippen LogP contribution in [0.3, 0.4) is 0 Å². The highest BCUT2D eigenvalue weighted by Crippen LogP contribution is 2.74. The van der Waals surface area contributed by atoms with Gasteiger partial charge in [-0.15, -0.1) is 0 Å². The lowest BCUT2D eigenvalue weighted by molar-refractivity contribution is -0.279. The van der Waals surface area contributed by atoms with Crippen molar-refractivity contribution in [3.8, 4) is 0 Å². The minimum absolute atomic E-state index is 0.00546. The summed E-state index contributed by atoms with van der Waals surface area (Å²) in [4.78, 5) is 0. The molecular weight excluding hydrogens is 568 g/mol. The van der Waals surface area contributed by atoms with E-state index in [0.29, 0.717) is 24.9 Å². The Kier molecular flexibility index (Phi) is 7.62. The number of allylic oxidation sites excluding steroid dienone is 2. The maximum Gasteiger partial charge on any atom is 0.160 e. The number of aliphatic hydroxyl groups is 5. The van der Waals surface area contributed by atoms with Crippen LogP contribution in [0.4, 0.5) is 0 Å². The fraction of sp³-hybridized carbons (Fsp3) is 0.737. The summed E-state index contributed by atoms with van der Waals surface area (Å²) >= 11 is 0. The second-order valence-corrected chi connectivity index (χ2v) is 16.7. The molecule has 4 aliphatic carbocycles. The Morgan fingerprint density at radius 1 is 0.956 bits per heavy atom. The van der Waals surface area contributed by atoms with E-state index in [4.69, 9.17) is 9.47 Å². The van der Waals surface area contributed by atoms with Gasteiger partial charge in [0.05, 0.1) is 37.6 Å². The number of aliphatic hydroxyl groups excluding tert-OH is 4. The highest BCUT2D eigenvalue weighted by molar-refractivity contribution is 5.39. The summed E-state index contributed by atoms with van der Waals surface area (Å²) in [7, 11) is 0. The molecule has 14 atom stereocenters. The third-order valence-corrected chi connectivity index (χ3v) is 14.5. The van der Waals surface area contributed by atoms with E-state index in [1.165, 1.54) is 23.6 Å². The van der Waals surface area contributed by atoms with Crippen LogP contribution in [0.15, 0.2) is 53.6 Å². The summed E-state index contributed by atoms with van der Waals surface area (Å²) in [6.45, 7) is 11.0. The van der Waals surface area contributed by atoms with Crippen molar-refractivity contribution in [3.05, 3.63) is 59.2 Å². The highest BCUT2D eigenvalue weighted by atomic mass is 16.6. The van der Waals surface area contributed by atoms with Gasteiger partial charge in [0.25, 0.3) is 0 Å². The van der Waals surface area contributed by atoms with Crippen molar-refractivity contribution in [2.45, 2.75) is 116 Å². The monoisotopic (exact) mass is 622 g/mol. The van der Waals surface area contributed by atoms with Gasteiger partial charge in [-0.2, -0.15) is 0 Å². The van der Waals surface area contributed by atoms with Gasteiger partial charge in [-0.05, 0) is 79.6 Å². The third kappa shape index (κ3) is 4.48. The fourth-order valence-corrected chi connectivity index (χ4v) is 11.9. The van der Waals surface area contributed by atoms with E-state index in [1.54, 1.807) is 0 Å². The van der Waals surface area contributed by atoms with E-state index >= 15 is 0 Å². The van der Waals surface area contributed by atoms with E-state index in [2.05, 4.69) is 64.1 Å². The Bertz CT molecular complexity index is 1340. The summed E-state index contributed by atoms with van der Waals surface area (Å²) in [5.41, 5.74) is 1.64. The predicted octanol–water partition coefficient (Wildman–Crippen LogP) is 5.07. The Morgan fingerprint density at radius 2 is 1.69 bits per heavy atom. The van der Waals surface area contributed by atoms with Crippen molar-refractivity contribution >= 4 is 0 Å². The number of hydrogen-bond acceptors (Lipinski definition) is 7. The van der Waals surface area contributed by atoms with Crippen LogP contribution < -0.4 is 0 Å². The fourth-order valence-electron chi connectivity index (χ4n) is 11.9. The molecule has 7 nitrogen and oxygen atoms in total. The molecule has 45 heavy (non-hydrogen) atoms. The van der Waals surface area contributed by atoms with Gasteiger partial charge in [0.15, 0.2) is 6.29 Å². The van der Waals surface area contributed by atoms with Gasteiger partial charge in [-0.1, -0.05) is 81.3 Å². The van der Waals surface area contributed by atoms with Crippen molar-refractivity contribution in [3.63, 3.8) is 0 Å². The minimum Gasteiger partial charge on any atom is -0.393 e. The smallest absolute Gasteiger partial charge is 0.160 e. The molecule has 6 aliphatic rings. The molecule has 0 radical (unpaired) electrons. The molecule has 2 aliphatic heterocycles. The average molecular weight is 623 g/mol. The van der Waals surface area contributed by atoms with Gasteiger partial charge in [-0.3, -0.25) is 0 Å². The van der Waals surface area contributed by atoms with Crippen molar-refractivity contribution in [2.75, 3.05) is 13.2 Å². The highest BCUT2D eigenvalue weighted by Gasteiger charge is 2.69. The molecule has 248 valence electrons. The molecule has 4 fully saturated rings. The van der Waals surface area contributed by atoms with Crippen LogP contribution in [-0.4, -0.2) is 68.9 Å². The first kappa shape index (κ1) is 32.0.